The second-order valence-electron chi connectivity index (χ2n) is 8.23. The van der Waals surface area contributed by atoms with Crippen LogP contribution in [0.2, 0.25) is 0 Å². The molecule has 4 rings (SSSR count). The maximum Gasteiger partial charge on any atom is 0.223 e. The molecule has 1 aliphatic carbocycles. The van der Waals surface area contributed by atoms with E-state index in [9.17, 15) is 0 Å². The van der Waals surface area contributed by atoms with Gasteiger partial charge in [-0.1, -0.05) is 31.0 Å². The van der Waals surface area contributed by atoms with Crippen molar-refractivity contribution in [2.24, 2.45) is 7.05 Å². The molecule has 2 heteroatoms. The van der Waals surface area contributed by atoms with E-state index in [0.29, 0.717) is 23.1 Å². The predicted molar refractivity (Wildman–Crippen MR) is 111 cm³/mol. The number of benzene rings is 2. The van der Waals surface area contributed by atoms with Crippen LogP contribution in [0.4, 0.5) is 4.39 Å². The fraction of sp³-hybridized carbons (Fsp3) is 0.400. The van der Waals surface area contributed by atoms with Crippen molar-refractivity contribution in [3.8, 4) is 11.3 Å². The highest BCUT2D eigenvalue weighted by molar-refractivity contribution is 5.94. The Morgan fingerprint density at radius 3 is 2.44 bits per heavy atom. The molecule has 0 N–H and O–H groups in total. The van der Waals surface area contributed by atoms with Crippen LogP contribution in [-0.4, -0.2) is 0 Å². The van der Waals surface area contributed by atoms with Crippen LogP contribution < -0.4 is 4.57 Å². The normalized spacial score (nSPS) is 15.6. The first-order valence-electron chi connectivity index (χ1n) is 10.5. The van der Waals surface area contributed by atoms with Crippen molar-refractivity contribution >= 4 is 10.8 Å². The Morgan fingerprint density at radius 2 is 1.74 bits per heavy atom. The lowest BCUT2D eigenvalue weighted by Gasteiger charge is -2.16. The summed E-state index contributed by atoms with van der Waals surface area (Å²) in [5, 5.41) is 1.90. The van der Waals surface area contributed by atoms with Crippen molar-refractivity contribution < 1.29 is 10.3 Å². The molecule has 1 heterocycles. The first-order chi connectivity index (χ1) is 13.3. The Bertz CT molecular complexity index is 1070. The van der Waals surface area contributed by atoms with Gasteiger partial charge in [-0.25, -0.2) is 4.39 Å². The molecule has 1 aliphatic rings. The van der Waals surface area contributed by atoms with Gasteiger partial charge in [0.1, 0.15) is 12.9 Å². The average molecular weight is 364 g/mol. The van der Waals surface area contributed by atoms with Crippen LogP contribution >= 0.6 is 0 Å². The Balaban J connectivity index is 2.07. The monoisotopic (exact) mass is 363 g/mol. The highest BCUT2D eigenvalue weighted by Crippen LogP contribution is 2.38. The van der Waals surface area contributed by atoms with Gasteiger partial charge in [-0.3, -0.25) is 0 Å². The summed E-state index contributed by atoms with van der Waals surface area (Å²) in [5.41, 5.74) is 6.47. The van der Waals surface area contributed by atoms with Crippen molar-refractivity contribution in [3.05, 3.63) is 64.1 Å². The number of hydrogen-bond donors (Lipinski definition) is 0. The second kappa shape index (κ2) is 6.74. The molecule has 0 amide bonds. The maximum atomic E-state index is 15.3. The van der Waals surface area contributed by atoms with E-state index in [4.69, 9.17) is 1.37 Å². The van der Waals surface area contributed by atoms with Gasteiger partial charge in [0.05, 0.1) is 12.3 Å². The minimum Gasteiger partial charge on any atom is -0.206 e. The summed E-state index contributed by atoms with van der Waals surface area (Å²) in [6.07, 6.45) is 5.04. The van der Waals surface area contributed by atoms with Gasteiger partial charge in [-0.15, -0.1) is 0 Å². The summed E-state index contributed by atoms with van der Waals surface area (Å²) in [5.74, 6) is 0.443. The van der Waals surface area contributed by atoms with Gasteiger partial charge in [-0.2, -0.15) is 4.57 Å². The largest absolute Gasteiger partial charge is 0.223 e. The molecule has 140 valence electrons. The summed E-state index contributed by atoms with van der Waals surface area (Å²) in [6.45, 7) is 7.83. The first kappa shape index (κ1) is 16.9. The summed E-state index contributed by atoms with van der Waals surface area (Å²) in [7, 11) is 1.95. The molecule has 3 aromatic rings. The van der Waals surface area contributed by atoms with Gasteiger partial charge >= 0.3 is 0 Å². The molecule has 0 aliphatic heterocycles. The third kappa shape index (κ3) is 2.96. The smallest absolute Gasteiger partial charge is 0.206 e. The Morgan fingerprint density at radius 1 is 1.04 bits per heavy atom. The van der Waals surface area contributed by atoms with Crippen LogP contribution in [0.1, 0.15) is 60.9 Å². The number of aryl methyl sites for hydroxylation is 2. The van der Waals surface area contributed by atoms with Crippen molar-refractivity contribution in [1.29, 1.82) is 0 Å². The first-order valence-corrected chi connectivity index (χ1v) is 10.0. The van der Waals surface area contributed by atoms with E-state index in [1.807, 2.05) is 45.4 Å². The Kier molecular flexibility index (Phi) is 4.22. The van der Waals surface area contributed by atoms with E-state index >= 15 is 4.39 Å². The highest BCUT2D eigenvalue weighted by atomic mass is 19.1. The van der Waals surface area contributed by atoms with Crippen molar-refractivity contribution in [3.63, 3.8) is 0 Å². The molecule has 1 aromatic heterocycles. The van der Waals surface area contributed by atoms with E-state index in [2.05, 4.69) is 18.2 Å². The molecule has 0 radical (unpaired) electrons. The van der Waals surface area contributed by atoms with E-state index in [1.54, 1.807) is 0 Å². The summed E-state index contributed by atoms with van der Waals surface area (Å²) < 4.78 is 26.1. The average Bonchev–Trinajstić information content (AvgIpc) is 3.22. The molecule has 2 aromatic carbocycles. The zero-order valence-corrected chi connectivity index (χ0v) is 17.0. The molecular formula is C25H29FN+. The molecule has 0 bridgehead atoms. The maximum absolute atomic E-state index is 15.3. The Hall–Kier alpha value is -2.22. The van der Waals surface area contributed by atoms with Gasteiger partial charge in [0.2, 0.25) is 5.69 Å². The number of rotatable bonds is 2. The van der Waals surface area contributed by atoms with E-state index < -0.39 is 0 Å². The summed E-state index contributed by atoms with van der Waals surface area (Å²) in [6, 6.07) is 8.97. The molecule has 0 spiro atoms. The fourth-order valence-electron chi connectivity index (χ4n) is 4.65. The SMILES string of the molecule is [2H]c1c(C)[n+](C)c(-c2c(C)c(C)cc(C)c2F)c2ccc(C3CCCC3)cc12. The predicted octanol–water partition coefficient (Wildman–Crippen LogP) is 6.36. The van der Waals surface area contributed by atoms with Gasteiger partial charge in [-0.05, 0) is 73.2 Å². The number of nitrogens with zero attached hydrogens (tertiary/aromatic N) is 1. The standard InChI is InChI=1S/C25H29FN/c1-15-12-16(2)24(26)23(18(15)4)25-22-11-10-20(19-8-6-7-9-19)14-21(22)13-17(3)27(25)5/h10-14,19H,6-9H2,1-5H3/q+1/i13D. The van der Waals surface area contributed by atoms with Crippen LogP contribution in [-0.2, 0) is 7.05 Å². The van der Waals surface area contributed by atoms with Gasteiger partial charge in [0, 0.05) is 13.0 Å². The molecule has 0 unspecified atom stereocenters. The summed E-state index contributed by atoms with van der Waals surface area (Å²) in [4.78, 5) is 0. The minimum atomic E-state index is -0.156. The van der Waals surface area contributed by atoms with Crippen molar-refractivity contribution in [1.82, 2.24) is 0 Å². The van der Waals surface area contributed by atoms with Crippen molar-refractivity contribution in [2.45, 2.75) is 59.3 Å². The van der Waals surface area contributed by atoms with E-state index in [0.717, 1.165) is 33.3 Å². The lowest BCUT2D eigenvalue weighted by Crippen LogP contribution is -2.35. The number of fused-ring (bicyclic) bond motifs is 1. The van der Waals surface area contributed by atoms with Gasteiger partial charge in [0.15, 0.2) is 5.69 Å². The Labute approximate surface area is 163 Å². The van der Waals surface area contributed by atoms with Crippen LogP contribution in [0.5, 0.6) is 0 Å². The quantitative estimate of drug-likeness (QED) is 0.466. The fourth-order valence-corrected chi connectivity index (χ4v) is 4.65. The lowest BCUT2D eigenvalue weighted by molar-refractivity contribution is -0.665. The van der Waals surface area contributed by atoms with Crippen LogP contribution in [0.3, 0.4) is 0 Å². The number of pyridine rings is 1. The number of hydrogen-bond acceptors (Lipinski definition) is 0. The zero-order chi connectivity index (χ0) is 20.2. The van der Waals surface area contributed by atoms with Crippen LogP contribution in [0, 0.1) is 33.5 Å². The molecule has 27 heavy (non-hydrogen) atoms. The summed E-state index contributed by atoms with van der Waals surface area (Å²) >= 11 is 0. The zero-order valence-electron chi connectivity index (χ0n) is 18.0. The van der Waals surface area contributed by atoms with Gasteiger partial charge < -0.3 is 0 Å². The third-order valence-electron chi connectivity index (χ3n) is 6.48. The molecule has 1 saturated carbocycles. The van der Waals surface area contributed by atoms with Crippen molar-refractivity contribution in [2.75, 3.05) is 0 Å². The molecule has 1 nitrogen and oxygen atoms in total. The molecule has 0 atom stereocenters. The van der Waals surface area contributed by atoms with Crippen LogP contribution in [0.25, 0.3) is 22.0 Å². The third-order valence-corrected chi connectivity index (χ3v) is 6.48. The van der Waals surface area contributed by atoms with Crippen LogP contribution in [0.15, 0.2) is 30.3 Å². The number of aromatic nitrogens is 1. The molecule has 1 fully saturated rings. The topological polar surface area (TPSA) is 3.88 Å². The van der Waals surface area contributed by atoms with E-state index in [-0.39, 0.29) is 5.82 Å². The second-order valence-corrected chi connectivity index (χ2v) is 8.23. The van der Waals surface area contributed by atoms with Gasteiger partial charge in [0.25, 0.3) is 0 Å². The lowest BCUT2D eigenvalue weighted by atomic mass is 9.91. The number of halogens is 1. The minimum absolute atomic E-state index is 0.156. The van der Waals surface area contributed by atoms with E-state index in [1.165, 1.54) is 31.2 Å². The molecule has 0 saturated heterocycles. The highest BCUT2D eigenvalue weighted by Gasteiger charge is 2.26. The molecular weight excluding hydrogens is 333 g/mol.